The lowest BCUT2D eigenvalue weighted by atomic mass is 10.2. The quantitative estimate of drug-likeness (QED) is 0.578. The summed E-state index contributed by atoms with van der Waals surface area (Å²) in [6, 6.07) is 0. The zero-order valence-corrected chi connectivity index (χ0v) is 10.6. The Bertz CT molecular complexity index is 380. The second-order valence-electron chi connectivity index (χ2n) is 4.68. The van der Waals surface area contributed by atoms with Gasteiger partial charge in [-0.1, -0.05) is 19.8 Å². The van der Waals surface area contributed by atoms with Gasteiger partial charge < -0.3 is 0 Å². The van der Waals surface area contributed by atoms with Crippen molar-refractivity contribution in [1.82, 2.24) is 15.9 Å². The molecule has 0 spiro atoms. The van der Waals surface area contributed by atoms with Crippen molar-refractivity contribution in [2.75, 3.05) is 13.1 Å². The predicted molar refractivity (Wildman–Crippen MR) is 69.8 cm³/mol. The number of hydrogen-bond acceptors (Lipinski definition) is 6. The summed E-state index contributed by atoms with van der Waals surface area (Å²) >= 11 is 0. The van der Waals surface area contributed by atoms with Crippen LogP contribution in [0.25, 0.3) is 0 Å². The first kappa shape index (κ1) is 13.1. The molecule has 7 nitrogen and oxygen atoms in total. The third-order valence-corrected chi connectivity index (χ3v) is 3.05. The van der Waals surface area contributed by atoms with Crippen molar-refractivity contribution in [3.63, 3.8) is 0 Å². The van der Waals surface area contributed by atoms with Gasteiger partial charge in [-0.3, -0.25) is 10.5 Å². The number of nitrogens with zero attached hydrogens (tertiary/aromatic N) is 3. The molecule has 100 valence electrons. The van der Waals surface area contributed by atoms with Crippen molar-refractivity contribution < 1.29 is 4.79 Å². The maximum absolute atomic E-state index is 11.3. The van der Waals surface area contributed by atoms with Crippen LogP contribution in [0.1, 0.15) is 32.6 Å². The molecule has 0 aliphatic carbocycles. The normalized spacial score (nSPS) is 30.3. The minimum Gasteiger partial charge on any atom is -0.294 e. The van der Waals surface area contributed by atoms with E-state index in [1.165, 1.54) is 19.1 Å². The van der Waals surface area contributed by atoms with E-state index in [0.29, 0.717) is 6.42 Å². The zero-order chi connectivity index (χ0) is 13.0. The van der Waals surface area contributed by atoms with Crippen molar-refractivity contribution in [2.45, 2.75) is 38.4 Å². The Morgan fingerprint density at radius 1 is 1.61 bits per heavy atom. The molecule has 1 amide bonds. The summed E-state index contributed by atoms with van der Waals surface area (Å²) in [5.74, 6) is -1.18. The third-order valence-electron chi connectivity index (χ3n) is 3.05. The van der Waals surface area contributed by atoms with Gasteiger partial charge >= 0.3 is 0 Å². The molecule has 0 bridgehead atoms. The summed E-state index contributed by atoms with van der Waals surface area (Å²) in [4.78, 5) is 15.6. The highest BCUT2D eigenvalue weighted by molar-refractivity contribution is 6.62. The summed E-state index contributed by atoms with van der Waals surface area (Å²) in [5.41, 5.74) is 11.9. The molecule has 0 saturated carbocycles. The minimum atomic E-state index is -0.880. The monoisotopic (exact) mass is 252 g/mol. The van der Waals surface area contributed by atoms with Gasteiger partial charge in [-0.2, -0.15) is 5.10 Å². The molecule has 0 aromatic rings. The molecule has 18 heavy (non-hydrogen) atoms. The van der Waals surface area contributed by atoms with Gasteiger partial charge in [-0.15, -0.1) is 0 Å². The fraction of sp³-hybridized carbons (Fsp3) is 0.727. The van der Waals surface area contributed by atoms with Gasteiger partial charge in [0.1, 0.15) is 5.71 Å². The van der Waals surface area contributed by atoms with E-state index < -0.39 is 5.79 Å². The minimum absolute atomic E-state index is 0.278. The molecule has 0 aromatic heterocycles. The van der Waals surface area contributed by atoms with Crippen LogP contribution in [-0.2, 0) is 4.79 Å². The molecule has 0 radical (unpaired) electrons. The van der Waals surface area contributed by atoms with Crippen LogP contribution in [-0.4, -0.2) is 41.7 Å². The van der Waals surface area contributed by atoms with Crippen LogP contribution < -0.4 is 16.6 Å². The highest BCUT2D eigenvalue weighted by Crippen LogP contribution is 2.15. The Morgan fingerprint density at radius 2 is 2.44 bits per heavy atom. The molecule has 4 N–H and O–H groups in total. The topological polar surface area (TPSA) is 95.1 Å². The Kier molecular flexibility index (Phi) is 4.05. The maximum atomic E-state index is 11.3. The Morgan fingerprint density at radius 3 is 3.11 bits per heavy atom. The number of carbonyl (C=O) groups excluding carboxylic acids is 1. The summed E-state index contributed by atoms with van der Waals surface area (Å²) < 4.78 is 0. The summed E-state index contributed by atoms with van der Waals surface area (Å²) in [6.45, 7) is 3.97. The van der Waals surface area contributed by atoms with E-state index in [1.54, 1.807) is 0 Å². The summed E-state index contributed by atoms with van der Waals surface area (Å²) in [6.07, 6.45) is 5.63. The van der Waals surface area contributed by atoms with E-state index in [9.17, 15) is 4.79 Å². The molecule has 2 aliphatic heterocycles. The number of aliphatic imine (C=N–C) groups is 1. The number of unbranched alkanes of at least 4 members (excludes halogenated alkanes) is 2. The number of nitrogens with one attached hydrogen (secondary N) is 2. The first-order chi connectivity index (χ1) is 8.63. The fourth-order valence-electron chi connectivity index (χ4n) is 2.05. The van der Waals surface area contributed by atoms with E-state index in [4.69, 9.17) is 5.73 Å². The van der Waals surface area contributed by atoms with E-state index in [-0.39, 0.29) is 11.6 Å². The largest absolute Gasteiger partial charge is 0.294 e. The lowest BCUT2D eigenvalue weighted by molar-refractivity contribution is -0.114. The Balaban J connectivity index is 1.90. The molecule has 2 heterocycles. The number of amides is 1. The van der Waals surface area contributed by atoms with E-state index in [1.807, 2.05) is 0 Å². The lowest BCUT2D eigenvalue weighted by Crippen LogP contribution is -2.52. The number of rotatable bonds is 5. The predicted octanol–water partition coefficient (Wildman–Crippen LogP) is -0.444. The number of carbonyl (C=O) groups is 1. The van der Waals surface area contributed by atoms with Crippen molar-refractivity contribution in [2.24, 2.45) is 15.8 Å². The van der Waals surface area contributed by atoms with Gasteiger partial charge in [-0.25, -0.2) is 20.9 Å². The molecule has 1 atom stereocenters. The summed E-state index contributed by atoms with van der Waals surface area (Å²) in [5, 5.41) is 5.72. The lowest BCUT2D eigenvalue weighted by Gasteiger charge is -2.22. The maximum Gasteiger partial charge on any atom is 0.291 e. The van der Waals surface area contributed by atoms with Crippen LogP contribution >= 0.6 is 0 Å². The molecule has 2 rings (SSSR count). The number of nitrogens with two attached hydrogens (primary N) is 1. The smallest absolute Gasteiger partial charge is 0.291 e. The molecule has 0 aromatic carbocycles. The molecule has 1 unspecified atom stereocenters. The number of hydrazone groups is 1. The summed E-state index contributed by atoms with van der Waals surface area (Å²) in [7, 11) is 0. The number of hydrazine groups is 1. The van der Waals surface area contributed by atoms with E-state index >= 15 is 0 Å². The first-order valence-corrected chi connectivity index (χ1v) is 6.38. The molecular weight excluding hydrogens is 232 g/mol. The second-order valence-corrected chi connectivity index (χ2v) is 4.68. The van der Waals surface area contributed by atoms with Gasteiger partial charge in [0.25, 0.3) is 5.91 Å². The molecular formula is C11H20N6O. The van der Waals surface area contributed by atoms with Crippen LogP contribution in [0.15, 0.2) is 10.1 Å². The highest BCUT2D eigenvalue weighted by atomic mass is 16.2. The SMILES string of the molecule is CCCCCN1CCC(N)(N=C2C=NNC2=O)N1. The van der Waals surface area contributed by atoms with Gasteiger partial charge in [0.2, 0.25) is 0 Å². The van der Waals surface area contributed by atoms with Gasteiger partial charge in [0.15, 0.2) is 5.79 Å². The van der Waals surface area contributed by atoms with Crippen molar-refractivity contribution >= 4 is 17.8 Å². The number of hydrogen-bond donors (Lipinski definition) is 3. The molecule has 1 saturated heterocycles. The van der Waals surface area contributed by atoms with Crippen LogP contribution in [0.5, 0.6) is 0 Å². The molecule has 2 aliphatic rings. The van der Waals surface area contributed by atoms with Gasteiger partial charge in [-0.05, 0) is 6.42 Å². The van der Waals surface area contributed by atoms with Crippen LogP contribution in [0.3, 0.4) is 0 Å². The standard InChI is InChI=1S/C11H20N6O/c1-2-3-4-6-17-7-5-11(12,16-17)14-9-8-13-15-10(9)18/h8,16H,2-7,12H2,1H3,(H,14,15,18). The average Bonchev–Trinajstić information content (AvgIpc) is 2.88. The van der Waals surface area contributed by atoms with Gasteiger partial charge in [0, 0.05) is 19.5 Å². The van der Waals surface area contributed by atoms with Crippen molar-refractivity contribution in [3.8, 4) is 0 Å². The molecule has 1 fully saturated rings. The third kappa shape index (κ3) is 3.12. The fourth-order valence-corrected chi connectivity index (χ4v) is 2.05. The Labute approximate surface area is 106 Å². The zero-order valence-electron chi connectivity index (χ0n) is 10.6. The van der Waals surface area contributed by atoms with Crippen molar-refractivity contribution in [3.05, 3.63) is 0 Å². The molecule has 7 heteroatoms. The second kappa shape index (κ2) is 5.55. The van der Waals surface area contributed by atoms with Crippen LogP contribution in [0.2, 0.25) is 0 Å². The van der Waals surface area contributed by atoms with Crippen LogP contribution in [0.4, 0.5) is 0 Å². The van der Waals surface area contributed by atoms with E-state index in [0.717, 1.165) is 19.5 Å². The Hall–Kier alpha value is -1.31. The average molecular weight is 252 g/mol. The van der Waals surface area contributed by atoms with E-state index in [2.05, 4.69) is 32.9 Å². The highest BCUT2D eigenvalue weighted by Gasteiger charge is 2.34. The van der Waals surface area contributed by atoms with Crippen molar-refractivity contribution in [1.29, 1.82) is 0 Å². The van der Waals surface area contributed by atoms with Gasteiger partial charge in [0.05, 0.1) is 6.21 Å². The van der Waals surface area contributed by atoms with Crippen LogP contribution in [0, 0.1) is 0 Å². The first-order valence-electron chi connectivity index (χ1n) is 6.38.